The third-order valence-electron chi connectivity index (χ3n) is 3.96. The van der Waals surface area contributed by atoms with E-state index in [0.717, 1.165) is 18.4 Å². The van der Waals surface area contributed by atoms with Gasteiger partial charge >= 0.3 is 5.97 Å². The minimum atomic E-state index is -0.783. The first-order valence-corrected chi connectivity index (χ1v) is 9.15. The first kappa shape index (κ1) is 20.3. The highest BCUT2D eigenvalue weighted by atomic mass is 35.5. The number of aliphatic carboxylic acids is 1. The Morgan fingerprint density at radius 3 is 2.38 bits per heavy atom. The van der Waals surface area contributed by atoms with Gasteiger partial charge in [0.2, 0.25) is 0 Å². The quantitative estimate of drug-likeness (QED) is 0.460. The van der Waals surface area contributed by atoms with Crippen molar-refractivity contribution in [2.24, 2.45) is 4.99 Å². The van der Waals surface area contributed by atoms with Crippen molar-refractivity contribution < 1.29 is 15.0 Å². The second kappa shape index (κ2) is 9.60. The van der Waals surface area contributed by atoms with Crippen LogP contribution in [0.25, 0.3) is 0 Å². The molecule has 2 aromatic rings. The smallest absolute Gasteiger partial charge is 0.303 e. The van der Waals surface area contributed by atoms with Crippen molar-refractivity contribution in [2.45, 2.75) is 32.6 Å². The fourth-order valence-corrected chi connectivity index (χ4v) is 3.01. The minimum absolute atomic E-state index is 0.147. The molecule has 2 rings (SSSR count). The van der Waals surface area contributed by atoms with Crippen LogP contribution in [0.1, 0.15) is 42.4 Å². The van der Waals surface area contributed by atoms with Crippen LogP contribution < -0.4 is 0 Å². The topological polar surface area (TPSA) is 69.9 Å². The first-order chi connectivity index (χ1) is 12.4. The Balaban J connectivity index is 2.27. The summed E-state index contributed by atoms with van der Waals surface area (Å²) < 4.78 is 0. The number of carbonyl (C=O) groups is 1. The lowest BCUT2D eigenvalue weighted by Crippen LogP contribution is -2.06. The lowest BCUT2D eigenvalue weighted by atomic mass is 9.99. The largest absolute Gasteiger partial charge is 0.507 e. The summed E-state index contributed by atoms with van der Waals surface area (Å²) >= 11 is 12.1. The molecule has 0 radical (unpaired) electrons. The number of carboxylic acids is 1. The van der Waals surface area contributed by atoms with Crippen LogP contribution >= 0.6 is 23.2 Å². The molecule has 0 atom stereocenters. The van der Waals surface area contributed by atoms with Crippen LogP contribution in [-0.2, 0) is 4.79 Å². The Kier molecular flexibility index (Phi) is 7.49. The van der Waals surface area contributed by atoms with Crippen molar-refractivity contribution in [3.05, 3.63) is 63.1 Å². The third-order valence-corrected chi connectivity index (χ3v) is 4.43. The molecule has 138 valence electrons. The molecule has 2 N–H and O–H groups in total. The van der Waals surface area contributed by atoms with Gasteiger partial charge in [-0.25, -0.2) is 0 Å². The molecular formula is C20H21Cl2NO3. The van der Waals surface area contributed by atoms with Gasteiger partial charge in [-0.2, -0.15) is 0 Å². The van der Waals surface area contributed by atoms with Crippen molar-refractivity contribution in [1.82, 2.24) is 0 Å². The van der Waals surface area contributed by atoms with Gasteiger partial charge in [0.25, 0.3) is 0 Å². The zero-order valence-electron chi connectivity index (χ0n) is 14.5. The molecule has 0 saturated carbocycles. The molecule has 2 aromatic carbocycles. The highest BCUT2D eigenvalue weighted by molar-refractivity contribution is 6.32. The highest BCUT2D eigenvalue weighted by Gasteiger charge is 2.14. The molecule has 0 aliphatic heterocycles. The summed E-state index contributed by atoms with van der Waals surface area (Å²) in [6.45, 7) is 2.32. The zero-order chi connectivity index (χ0) is 19.1. The van der Waals surface area contributed by atoms with Crippen LogP contribution in [0, 0.1) is 6.92 Å². The maximum Gasteiger partial charge on any atom is 0.303 e. The summed E-state index contributed by atoms with van der Waals surface area (Å²) in [6.07, 6.45) is 2.35. The van der Waals surface area contributed by atoms with E-state index in [-0.39, 0.29) is 12.2 Å². The van der Waals surface area contributed by atoms with Gasteiger partial charge in [0.05, 0.1) is 5.71 Å². The normalized spacial score (nSPS) is 11.6. The van der Waals surface area contributed by atoms with Gasteiger partial charge in [0.15, 0.2) is 0 Å². The molecule has 4 nitrogen and oxygen atoms in total. The van der Waals surface area contributed by atoms with Crippen LogP contribution in [0.5, 0.6) is 5.75 Å². The maximum atomic E-state index is 10.6. The van der Waals surface area contributed by atoms with Gasteiger partial charge in [-0.3, -0.25) is 9.79 Å². The number of hydrogen-bond donors (Lipinski definition) is 2. The van der Waals surface area contributed by atoms with Gasteiger partial charge in [0.1, 0.15) is 5.75 Å². The predicted octanol–water partition coefficient (Wildman–Crippen LogP) is 5.49. The molecule has 0 spiro atoms. The summed E-state index contributed by atoms with van der Waals surface area (Å²) in [5.74, 6) is -0.636. The number of aromatic hydroxyl groups is 1. The van der Waals surface area contributed by atoms with E-state index in [0.29, 0.717) is 39.8 Å². The lowest BCUT2D eigenvalue weighted by Gasteiger charge is -2.12. The Bertz CT molecular complexity index is 801. The van der Waals surface area contributed by atoms with Crippen LogP contribution in [0.15, 0.2) is 41.4 Å². The number of aryl methyl sites for hydroxylation is 1. The van der Waals surface area contributed by atoms with E-state index in [4.69, 9.17) is 28.3 Å². The molecule has 26 heavy (non-hydrogen) atoms. The molecular weight excluding hydrogens is 373 g/mol. The highest BCUT2D eigenvalue weighted by Crippen LogP contribution is 2.29. The number of carboxylic acid groups (broad SMARTS) is 1. The second-order valence-corrected chi connectivity index (χ2v) is 6.93. The van der Waals surface area contributed by atoms with Crippen LogP contribution in [-0.4, -0.2) is 28.4 Å². The molecule has 0 bridgehead atoms. The van der Waals surface area contributed by atoms with Crippen LogP contribution in [0.3, 0.4) is 0 Å². The summed E-state index contributed by atoms with van der Waals surface area (Å²) in [6, 6.07) is 10.6. The number of aliphatic imine (C=N–C) groups is 1. The molecule has 6 heteroatoms. The van der Waals surface area contributed by atoms with E-state index in [1.807, 2.05) is 12.1 Å². The average Bonchev–Trinajstić information content (AvgIpc) is 2.58. The van der Waals surface area contributed by atoms with E-state index in [2.05, 4.69) is 4.99 Å². The van der Waals surface area contributed by atoms with Crippen molar-refractivity contribution in [2.75, 3.05) is 6.54 Å². The zero-order valence-corrected chi connectivity index (χ0v) is 16.0. The van der Waals surface area contributed by atoms with Crippen LogP contribution in [0.2, 0.25) is 10.0 Å². The lowest BCUT2D eigenvalue weighted by molar-refractivity contribution is -0.137. The minimum Gasteiger partial charge on any atom is -0.507 e. The Morgan fingerprint density at radius 2 is 1.73 bits per heavy atom. The first-order valence-electron chi connectivity index (χ1n) is 8.40. The third kappa shape index (κ3) is 5.75. The van der Waals surface area contributed by atoms with Crippen molar-refractivity contribution >= 4 is 34.9 Å². The molecule has 0 amide bonds. The fraction of sp³-hybridized carbons (Fsp3) is 0.300. The molecule has 0 fully saturated rings. The average molecular weight is 394 g/mol. The van der Waals surface area contributed by atoms with Gasteiger partial charge in [0, 0.05) is 34.1 Å². The SMILES string of the molecule is Cc1cc(Cl)cc(/C(=N/CCCCCC(=O)O)c2ccc(Cl)cc2)c1O. The Hall–Kier alpha value is -2.04. The van der Waals surface area contributed by atoms with Gasteiger partial charge < -0.3 is 10.2 Å². The number of phenolic OH excluding ortho intramolecular Hbond substituents is 1. The van der Waals surface area contributed by atoms with Gasteiger partial charge in [-0.15, -0.1) is 0 Å². The molecule has 0 unspecified atom stereocenters. The van der Waals surface area contributed by atoms with E-state index >= 15 is 0 Å². The monoisotopic (exact) mass is 393 g/mol. The number of rotatable bonds is 8. The molecule has 0 aliphatic carbocycles. The Morgan fingerprint density at radius 1 is 1.04 bits per heavy atom. The molecule has 0 aliphatic rings. The van der Waals surface area contributed by atoms with Gasteiger partial charge in [-0.05, 0) is 49.6 Å². The summed E-state index contributed by atoms with van der Waals surface area (Å²) in [7, 11) is 0. The van der Waals surface area contributed by atoms with Gasteiger partial charge in [-0.1, -0.05) is 41.8 Å². The Labute approximate surface area is 163 Å². The van der Waals surface area contributed by atoms with Crippen molar-refractivity contribution in [3.63, 3.8) is 0 Å². The number of phenols is 1. The standard InChI is InChI=1S/C20H21Cl2NO3/c1-13-11-16(22)12-17(20(13)26)19(14-6-8-15(21)9-7-14)23-10-4-2-3-5-18(24)25/h6-9,11-12,26H,2-5,10H2,1H3,(H,24,25)/b23-19+. The number of benzene rings is 2. The van der Waals surface area contributed by atoms with E-state index in [1.54, 1.807) is 31.2 Å². The van der Waals surface area contributed by atoms with Crippen molar-refractivity contribution in [1.29, 1.82) is 0 Å². The summed E-state index contributed by atoms with van der Waals surface area (Å²) in [5.41, 5.74) is 2.72. The second-order valence-electron chi connectivity index (χ2n) is 6.06. The van der Waals surface area contributed by atoms with E-state index in [9.17, 15) is 9.90 Å². The summed E-state index contributed by atoms with van der Waals surface area (Å²) in [4.78, 5) is 15.2. The fourth-order valence-electron chi connectivity index (χ4n) is 2.61. The number of halogens is 2. The maximum absolute atomic E-state index is 10.6. The number of nitrogens with zero attached hydrogens (tertiary/aromatic N) is 1. The molecule has 0 aromatic heterocycles. The van der Waals surface area contributed by atoms with E-state index < -0.39 is 5.97 Å². The number of unbranched alkanes of at least 4 members (excludes halogenated alkanes) is 2. The van der Waals surface area contributed by atoms with Crippen molar-refractivity contribution in [3.8, 4) is 5.75 Å². The predicted molar refractivity (Wildman–Crippen MR) is 106 cm³/mol. The van der Waals surface area contributed by atoms with E-state index in [1.165, 1.54) is 0 Å². The number of hydrogen-bond acceptors (Lipinski definition) is 3. The molecule has 0 saturated heterocycles. The molecule has 0 heterocycles. The summed E-state index contributed by atoms with van der Waals surface area (Å²) in [5, 5.41) is 20.3. The van der Waals surface area contributed by atoms with Crippen LogP contribution in [0.4, 0.5) is 0 Å².